The number of nitrogens with one attached hydrogen (secondary N) is 1. The smallest absolute Gasteiger partial charge is 0.337 e. The van der Waals surface area contributed by atoms with Crippen LogP contribution in [-0.2, 0) is 0 Å². The third-order valence-electron chi connectivity index (χ3n) is 4.20. The van der Waals surface area contributed by atoms with Gasteiger partial charge in [0, 0.05) is 22.8 Å². The Balaban J connectivity index is 1.81. The van der Waals surface area contributed by atoms with E-state index in [1.165, 1.54) is 30.5 Å². The highest BCUT2D eigenvalue weighted by molar-refractivity contribution is 6.06. The van der Waals surface area contributed by atoms with Gasteiger partial charge in [0.25, 0.3) is 12.3 Å². The molecule has 5 nitrogen and oxygen atoms in total. The fraction of sp³-hybridized carbons (Fsp3) is 0.0952. The Labute approximate surface area is 163 Å². The summed E-state index contributed by atoms with van der Waals surface area (Å²) in [7, 11) is 0. The van der Waals surface area contributed by atoms with Crippen LogP contribution in [0.5, 0.6) is 0 Å². The Morgan fingerprint density at radius 1 is 1.14 bits per heavy atom. The topological polar surface area (TPSA) is 79.3 Å². The number of carboxylic acid groups (broad SMARTS) is 1. The Morgan fingerprint density at radius 2 is 1.90 bits per heavy atom. The molecule has 1 heterocycles. The number of alkyl halides is 2. The van der Waals surface area contributed by atoms with Crippen LogP contribution in [0, 0.1) is 6.92 Å². The molecule has 0 atom stereocenters. The number of carboxylic acids is 1. The maximum atomic E-state index is 13.1. The molecule has 0 unspecified atom stereocenters. The van der Waals surface area contributed by atoms with Gasteiger partial charge in [-0.1, -0.05) is 18.2 Å². The number of anilines is 1. The summed E-state index contributed by atoms with van der Waals surface area (Å²) in [6.07, 6.45) is -1.24. The van der Waals surface area contributed by atoms with Gasteiger partial charge in [0.15, 0.2) is 5.83 Å². The molecule has 3 rings (SSSR count). The van der Waals surface area contributed by atoms with Gasteiger partial charge in [-0.3, -0.25) is 9.78 Å². The van der Waals surface area contributed by atoms with Crippen LogP contribution in [-0.4, -0.2) is 28.4 Å². The number of benzene rings is 2. The van der Waals surface area contributed by atoms with Crippen molar-refractivity contribution in [3.05, 3.63) is 76.7 Å². The quantitative estimate of drug-likeness (QED) is 0.627. The highest BCUT2D eigenvalue weighted by Crippen LogP contribution is 2.21. The van der Waals surface area contributed by atoms with Crippen LogP contribution in [0.4, 0.5) is 18.9 Å². The summed E-state index contributed by atoms with van der Waals surface area (Å²) in [5, 5.41) is 12.3. The van der Waals surface area contributed by atoms with Gasteiger partial charge in [0.05, 0.1) is 11.1 Å². The molecule has 0 aliphatic carbocycles. The van der Waals surface area contributed by atoms with Gasteiger partial charge in [-0.05, 0) is 48.4 Å². The van der Waals surface area contributed by atoms with Crippen molar-refractivity contribution >= 4 is 34.5 Å². The number of aromatic carboxylic acids is 1. The van der Waals surface area contributed by atoms with Gasteiger partial charge in [-0.25, -0.2) is 18.0 Å². The van der Waals surface area contributed by atoms with Crippen LogP contribution in [0.3, 0.4) is 0 Å². The monoisotopic (exact) mass is 400 g/mol. The number of carbonyl (C=O) groups excluding carboxylic acids is 1. The molecule has 0 bridgehead atoms. The molecule has 0 saturated heterocycles. The van der Waals surface area contributed by atoms with E-state index < -0.39 is 24.1 Å². The standard InChI is InChI=1S/C21H15F3N2O3/c1-11-6-12(7-17(22)19(23)24)2-5-16(11)20(27)26-15-4-3-13-8-14(21(28)29)10-25-18(13)9-15/h2-10,19H,1H3,(H,26,27)(H,28,29). The Kier molecular flexibility index (Phi) is 5.63. The number of rotatable bonds is 5. The van der Waals surface area contributed by atoms with Crippen molar-refractivity contribution in [2.45, 2.75) is 13.3 Å². The lowest BCUT2D eigenvalue weighted by Gasteiger charge is -2.09. The summed E-state index contributed by atoms with van der Waals surface area (Å²) in [6, 6.07) is 10.6. The lowest BCUT2D eigenvalue weighted by molar-refractivity contribution is 0.0696. The lowest BCUT2D eigenvalue weighted by Crippen LogP contribution is -2.13. The molecule has 0 spiro atoms. The summed E-state index contributed by atoms with van der Waals surface area (Å²) >= 11 is 0. The minimum absolute atomic E-state index is 0.0577. The number of nitrogens with zero attached hydrogens (tertiary/aromatic N) is 1. The highest BCUT2D eigenvalue weighted by atomic mass is 19.3. The third kappa shape index (κ3) is 4.60. The van der Waals surface area contributed by atoms with Crippen LogP contribution in [0.15, 0.2) is 54.5 Å². The van der Waals surface area contributed by atoms with Gasteiger partial charge in [0.1, 0.15) is 0 Å². The predicted molar refractivity (Wildman–Crippen MR) is 103 cm³/mol. The molecule has 1 amide bonds. The van der Waals surface area contributed by atoms with E-state index in [9.17, 15) is 22.8 Å². The van der Waals surface area contributed by atoms with E-state index in [1.807, 2.05) is 0 Å². The first kappa shape index (κ1) is 20.1. The van der Waals surface area contributed by atoms with E-state index in [4.69, 9.17) is 5.11 Å². The highest BCUT2D eigenvalue weighted by Gasteiger charge is 2.13. The number of aromatic nitrogens is 1. The molecule has 2 N–H and O–H groups in total. The van der Waals surface area contributed by atoms with Crippen molar-refractivity contribution in [2.24, 2.45) is 0 Å². The van der Waals surface area contributed by atoms with Crippen molar-refractivity contribution in [2.75, 3.05) is 5.32 Å². The summed E-state index contributed by atoms with van der Waals surface area (Å²) in [5.41, 5.74) is 2.03. The molecular weight excluding hydrogens is 385 g/mol. The molecular formula is C21H15F3N2O3. The third-order valence-corrected chi connectivity index (χ3v) is 4.20. The summed E-state index contributed by atoms with van der Waals surface area (Å²) in [5.74, 6) is -3.07. The van der Waals surface area contributed by atoms with Crippen LogP contribution >= 0.6 is 0 Å². The van der Waals surface area contributed by atoms with Gasteiger partial charge >= 0.3 is 5.97 Å². The first-order chi connectivity index (χ1) is 13.7. The number of amides is 1. The van der Waals surface area contributed by atoms with Crippen LogP contribution < -0.4 is 5.32 Å². The zero-order valence-corrected chi connectivity index (χ0v) is 15.1. The molecule has 1 aromatic heterocycles. The minimum Gasteiger partial charge on any atom is -0.478 e. The number of halogens is 3. The van der Waals surface area contributed by atoms with Gasteiger partial charge < -0.3 is 10.4 Å². The van der Waals surface area contributed by atoms with Crippen LogP contribution in [0.1, 0.15) is 31.8 Å². The second-order valence-electron chi connectivity index (χ2n) is 6.30. The van der Waals surface area contributed by atoms with E-state index >= 15 is 0 Å². The van der Waals surface area contributed by atoms with Crippen molar-refractivity contribution in [3.8, 4) is 0 Å². The molecule has 0 radical (unpaired) electrons. The van der Waals surface area contributed by atoms with Gasteiger partial charge in [-0.2, -0.15) is 0 Å². The maximum Gasteiger partial charge on any atom is 0.337 e. The zero-order chi connectivity index (χ0) is 21.1. The van der Waals surface area contributed by atoms with E-state index in [-0.39, 0.29) is 11.1 Å². The first-order valence-corrected chi connectivity index (χ1v) is 8.45. The molecule has 3 aromatic rings. The summed E-state index contributed by atoms with van der Waals surface area (Å²) in [6.45, 7) is 1.61. The van der Waals surface area contributed by atoms with Crippen molar-refractivity contribution in [1.82, 2.24) is 4.98 Å². The molecule has 0 aliphatic rings. The van der Waals surface area contributed by atoms with Gasteiger partial charge in [-0.15, -0.1) is 0 Å². The minimum atomic E-state index is -3.19. The van der Waals surface area contributed by atoms with Crippen molar-refractivity contribution in [3.63, 3.8) is 0 Å². The Bertz CT molecular complexity index is 1140. The van der Waals surface area contributed by atoms with E-state index in [0.717, 1.165) is 6.08 Å². The normalized spacial score (nSPS) is 11.7. The Morgan fingerprint density at radius 3 is 2.55 bits per heavy atom. The fourth-order valence-electron chi connectivity index (χ4n) is 2.77. The van der Waals surface area contributed by atoms with Crippen molar-refractivity contribution in [1.29, 1.82) is 0 Å². The lowest BCUT2D eigenvalue weighted by atomic mass is 10.0. The Hall–Kier alpha value is -3.68. The molecule has 29 heavy (non-hydrogen) atoms. The fourth-order valence-corrected chi connectivity index (χ4v) is 2.77. The van der Waals surface area contributed by atoms with Crippen LogP contribution in [0.25, 0.3) is 17.0 Å². The zero-order valence-electron chi connectivity index (χ0n) is 15.1. The number of allylic oxidation sites excluding steroid dienone is 1. The van der Waals surface area contributed by atoms with E-state index in [0.29, 0.717) is 27.7 Å². The number of carbonyl (C=O) groups is 2. The SMILES string of the molecule is Cc1cc(C=C(F)C(F)F)ccc1C(=O)Nc1ccc2cc(C(=O)O)cnc2c1. The largest absolute Gasteiger partial charge is 0.478 e. The molecule has 0 aliphatic heterocycles. The second kappa shape index (κ2) is 8.14. The van der Waals surface area contributed by atoms with E-state index in [2.05, 4.69) is 10.3 Å². The average molecular weight is 400 g/mol. The van der Waals surface area contributed by atoms with Gasteiger partial charge in [0.2, 0.25) is 0 Å². The number of aryl methyl sites for hydroxylation is 1. The molecule has 148 valence electrons. The number of hydrogen-bond donors (Lipinski definition) is 2. The summed E-state index contributed by atoms with van der Waals surface area (Å²) < 4.78 is 37.7. The van der Waals surface area contributed by atoms with E-state index in [1.54, 1.807) is 25.1 Å². The molecule has 0 saturated carbocycles. The molecule has 8 heteroatoms. The first-order valence-electron chi connectivity index (χ1n) is 8.45. The number of hydrogen-bond acceptors (Lipinski definition) is 3. The predicted octanol–water partition coefficient (Wildman–Crippen LogP) is 5.07. The molecule has 0 fully saturated rings. The maximum absolute atomic E-state index is 13.1. The molecule has 2 aromatic carbocycles. The number of fused-ring (bicyclic) bond motifs is 1. The average Bonchev–Trinajstić information content (AvgIpc) is 2.67. The number of pyridine rings is 1. The van der Waals surface area contributed by atoms with Crippen LogP contribution in [0.2, 0.25) is 0 Å². The summed E-state index contributed by atoms with van der Waals surface area (Å²) in [4.78, 5) is 27.6. The van der Waals surface area contributed by atoms with Crippen molar-refractivity contribution < 1.29 is 27.9 Å². The second-order valence-corrected chi connectivity index (χ2v) is 6.30.